The van der Waals surface area contributed by atoms with Gasteiger partial charge in [-0.2, -0.15) is 0 Å². The summed E-state index contributed by atoms with van der Waals surface area (Å²) in [5, 5.41) is 3.11. The number of carbonyl (C=O) groups excluding carboxylic acids is 2. The maximum Gasteiger partial charge on any atom is 0.249 e. The van der Waals surface area contributed by atoms with Crippen LogP contribution in [0, 0.1) is 0 Å². The van der Waals surface area contributed by atoms with Crippen LogP contribution in [0.25, 0.3) is 0 Å². The van der Waals surface area contributed by atoms with E-state index in [-0.39, 0.29) is 37.0 Å². The van der Waals surface area contributed by atoms with Crippen molar-refractivity contribution in [1.82, 2.24) is 15.1 Å². The Labute approximate surface area is 136 Å². The zero-order valence-corrected chi connectivity index (χ0v) is 13.4. The number of likely N-dealkylation sites (tertiary alicyclic amines) is 1. The molecule has 0 bridgehead atoms. The van der Waals surface area contributed by atoms with Crippen molar-refractivity contribution in [3.8, 4) is 0 Å². The monoisotopic (exact) mass is 317 g/mol. The van der Waals surface area contributed by atoms with Gasteiger partial charge in [0.1, 0.15) is 6.61 Å². The topological polar surface area (TPSA) is 61.9 Å². The average Bonchev–Trinajstić information content (AvgIpc) is 2.91. The molecule has 0 aliphatic carbocycles. The lowest BCUT2D eigenvalue weighted by Gasteiger charge is -2.29. The summed E-state index contributed by atoms with van der Waals surface area (Å²) in [4.78, 5) is 27.9. The largest absolute Gasteiger partial charge is 0.370 e. The Morgan fingerprint density at radius 1 is 1.30 bits per heavy atom. The number of carbonyl (C=O) groups is 2. The molecule has 0 radical (unpaired) electrons. The molecule has 1 N–H and O–H groups in total. The first-order valence-corrected chi connectivity index (χ1v) is 8.05. The predicted molar refractivity (Wildman–Crippen MR) is 85.8 cm³/mol. The molecule has 23 heavy (non-hydrogen) atoms. The number of hydrogen-bond acceptors (Lipinski definition) is 4. The Balaban J connectivity index is 1.62. The van der Waals surface area contributed by atoms with Gasteiger partial charge in [0, 0.05) is 19.1 Å². The minimum atomic E-state index is -0.116. The molecule has 2 saturated heterocycles. The lowest BCUT2D eigenvalue weighted by Crippen LogP contribution is -2.49. The molecule has 2 aliphatic rings. The van der Waals surface area contributed by atoms with Crippen LogP contribution >= 0.6 is 0 Å². The van der Waals surface area contributed by atoms with Crippen LogP contribution in [0.2, 0.25) is 0 Å². The number of amides is 2. The maximum absolute atomic E-state index is 12.3. The molecule has 0 spiro atoms. The third-order valence-electron chi connectivity index (χ3n) is 4.55. The smallest absolute Gasteiger partial charge is 0.249 e. The van der Waals surface area contributed by atoms with Gasteiger partial charge in [-0.1, -0.05) is 30.3 Å². The number of nitrogens with one attached hydrogen (secondary N) is 1. The van der Waals surface area contributed by atoms with E-state index < -0.39 is 0 Å². The third-order valence-corrected chi connectivity index (χ3v) is 4.55. The van der Waals surface area contributed by atoms with Crippen LogP contribution in [-0.2, 0) is 14.3 Å². The fourth-order valence-electron chi connectivity index (χ4n) is 3.38. The van der Waals surface area contributed by atoms with Crippen LogP contribution in [-0.4, -0.2) is 67.6 Å². The molecular formula is C17H23N3O3. The standard InChI is InChI=1S/C17H23N3O3/c1-19-8-7-14(17(19)13-5-3-2-4-6-13)18-15(21)11-20-9-10-23-12-16(20)22/h2-6,14,17H,7-12H2,1H3,(H,18,21). The molecule has 1 aromatic carbocycles. The highest BCUT2D eigenvalue weighted by molar-refractivity contribution is 5.85. The van der Waals surface area contributed by atoms with E-state index in [2.05, 4.69) is 29.4 Å². The third kappa shape index (κ3) is 3.71. The second-order valence-electron chi connectivity index (χ2n) is 6.17. The van der Waals surface area contributed by atoms with Crippen LogP contribution in [0.15, 0.2) is 30.3 Å². The van der Waals surface area contributed by atoms with Crippen LogP contribution in [0.5, 0.6) is 0 Å². The first kappa shape index (κ1) is 16.0. The molecule has 2 unspecified atom stereocenters. The van der Waals surface area contributed by atoms with Gasteiger partial charge in [0.15, 0.2) is 0 Å². The minimum absolute atomic E-state index is 0.0750. The van der Waals surface area contributed by atoms with Crippen LogP contribution < -0.4 is 5.32 Å². The summed E-state index contributed by atoms with van der Waals surface area (Å²) in [5.74, 6) is -0.212. The second-order valence-corrected chi connectivity index (χ2v) is 6.17. The lowest BCUT2D eigenvalue weighted by atomic mass is 10.0. The number of likely N-dealkylation sites (N-methyl/N-ethyl adjacent to an activating group) is 1. The highest BCUT2D eigenvalue weighted by atomic mass is 16.5. The van der Waals surface area contributed by atoms with Crippen LogP contribution in [0.4, 0.5) is 0 Å². The van der Waals surface area contributed by atoms with E-state index in [1.54, 1.807) is 4.90 Å². The van der Waals surface area contributed by atoms with Crippen LogP contribution in [0.1, 0.15) is 18.0 Å². The number of morpholine rings is 1. The second kappa shape index (κ2) is 7.10. The Kier molecular flexibility index (Phi) is 4.93. The van der Waals surface area contributed by atoms with Gasteiger partial charge in [0.05, 0.1) is 19.2 Å². The quantitative estimate of drug-likeness (QED) is 0.874. The molecule has 2 fully saturated rings. The molecule has 6 nitrogen and oxygen atoms in total. The number of hydrogen-bond donors (Lipinski definition) is 1. The van der Waals surface area contributed by atoms with Crippen molar-refractivity contribution in [3.63, 3.8) is 0 Å². The number of ether oxygens (including phenoxy) is 1. The van der Waals surface area contributed by atoms with Gasteiger partial charge in [0.25, 0.3) is 0 Å². The Morgan fingerprint density at radius 2 is 2.09 bits per heavy atom. The van der Waals surface area contributed by atoms with Gasteiger partial charge in [-0.3, -0.25) is 14.5 Å². The van der Waals surface area contributed by atoms with E-state index in [0.29, 0.717) is 13.2 Å². The average molecular weight is 317 g/mol. The van der Waals surface area contributed by atoms with Crippen molar-refractivity contribution in [2.45, 2.75) is 18.5 Å². The molecule has 6 heteroatoms. The molecule has 2 amide bonds. The van der Waals surface area contributed by atoms with E-state index in [0.717, 1.165) is 13.0 Å². The van der Waals surface area contributed by atoms with Gasteiger partial charge in [0.2, 0.25) is 11.8 Å². The van der Waals surface area contributed by atoms with Crippen molar-refractivity contribution in [1.29, 1.82) is 0 Å². The minimum Gasteiger partial charge on any atom is -0.370 e. The predicted octanol–water partition coefficient (Wildman–Crippen LogP) is 0.407. The van der Waals surface area contributed by atoms with E-state index in [4.69, 9.17) is 4.74 Å². The van der Waals surface area contributed by atoms with Gasteiger partial charge in [-0.25, -0.2) is 0 Å². The first-order chi connectivity index (χ1) is 11.1. The molecule has 0 aromatic heterocycles. The SMILES string of the molecule is CN1CCC(NC(=O)CN2CCOCC2=O)C1c1ccccc1. The number of benzene rings is 1. The zero-order valence-electron chi connectivity index (χ0n) is 13.4. The summed E-state index contributed by atoms with van der Waals surface area (Å²) in [5.41, 5.74) is 1.21. The summed E-state index contributed by atoms with van der Waals surface area (Å²) in [7, 11) is 2.08. The van der Waals surface area contributed by atoms with E-state index in [1.165, 1.54) is 5.56 Å². The van der Waals surface area contributed by atoms with E-state index >= 15 is 0 Å². The molecule has 2 aliphatic heterocycles. The molecule has 0 saturated carbocycles. The summed E-state index contributed by atoms with van der Waals surface area (Å²) in [6, 6.07) is 10.5. The van der Waals surface area contributed by atoms with Crippen molar-refractivity contribution < 1.29 is 14.3 Å². The summed E-state index contributed by atoms with van der Waals surface area (Å²) in [6.45, 7) is 2.12. The summed E-state index contributed by atoms with van der Waals surface area (Å²) in [6.07, 6.45) is 0.916. The fourth-order valence-corrected chi connectivity index (χ4v) is 3.38. The van der Waals surface area contributed by atoms with Crippen molar-refractivity contribution >= 4 is 11.8 Å². The molecule has 1 aromatic rings. The normalized spacial score (nSPS) is 25.6. The summed E-state index contributed by atoms with van der Waals surface area (Å²) < 4.78 is 5.09. The van der Waals surface area contributed by atoms with Crippen LogP contribution in [0.3, 0.4) is 0 Å². The highest BCUT2D eigenvalue weighted by Crippen LogP contribution is 2.30. The van der Waals surface area contributed by atoms with E-state index in [9.17, 15) is 9.59 Å². The molecular weight excluding hydrogens is 294 g/mol. The molecule has 2 atom stereocenters. The van der Waals surface area contributed by atoms with Crippen molar-refractivity contribution in [2.24, 2.45) is 0 Å². The van der Waals surface area contributed by atoms with Crippen molar-refractivity contribution in [2.75, 3.05) is 39.9 Å². The highest BCUT2D eigenvalue weighted by Gasteiger charge is 2.34. The number of nitrogens with zero attached hydrogens (tertiary/aromatic N) is 2. The maximum atomic E-state index is 12.3. The molecule has 124 valence electrons. The van der Waals surface area contributed by atoms with Crippen molar-refractivity contribution in [3.05, 3.63) is 35.9 Å². The molecule has 2 heterocycles. The van der Waals surface area contributed by atoms with Gasteiger partial charge in [-0.15, -0.1) is 0 Å². The zero-order chi connectivity index (χ0) is 16.2. The molecule has 3 rings (SSSR count). The van der Waals surface area contributed by atoms with E-state index in [1.807, 2.05) is 18.2 Å². The first-order valence-electron chi connectivity index (χ1n) is 8.05. The number of rotatable bonds is 4. The fraction of sp³-hybridized carbons (Fsp3) is 0.529. The van der Waals surface area contributed by atoms with Gasteiger partial charge in [-0.05, 0) is 19.0 Å². The summed E-state index contributed by atoms with van der Waals surface area (Å²) >= 11 is 0. The lowest BCUT2D eigenvalue weighted by molar-refractivity contribution is -0.146. The van der Waals surface area contributed by atoms with Gasteiger partial charge >= 0.3 is 0 Å². The Bertz CT molecular complexity index is 563. The Hall–Kier alpha value is -1.92. The Morgan fingerprint density at radius 3 is 2.83 bits per heavy atom. The van der Waals surface area contributed by atoms with Gasteiger partial charge < -0.3 is 15.0 Å².